The predicted molar refractivity (Wildman–Crippen MR) is 68.2 cm³/mol. The van der Waals surface area contributed by atoms with Crippen molar-refractivity contribution in [3.63, 3.8) is 0 Å². The molecule has 0 aliphatic carbocycles. The van der Waals surface area contributed by atoms with Gasteiger partial charge >= 0.3 is 6.03 Å². The summed E-state index contributed by atoms with van der Waals surface area (Å²) in [5.41, 5.74) is 0. The number of rotatable bonds is 4. The molecule has 1 atom stereocenters. The lowest BCUT2D eigenvalue weighted by Crippen LogP contribution is -2.53. The van der Waals surface area contributed by atoms with Crippen LogP contribution < -0.4 is 0 Å². The molecule has 5 nitrogen and oxygen atoms in total. The van der Waals surface area contributed by atoms with Gasteiger partial charge in [-0.05, 0) is 26.1 Å². The van der Waals surface area contributed by atoms with Crippen molar-refractivity contribution >= 4 is 20.3 Å². The van der Waals surface area contributed by atoms with Crippen molar-refractivity contribution in [1.82, 2.24) is 9.80 Å². The standard InChI is InChI=1S/C11H22N2O3Si/c1-12-8-9(6-7-16-17(3,4)5)10(14)13(2)11(12)15/h9H,6-8H2,1-5H3. The molecule has 0 aromatic rings. The lowest BCUT2D eigenvalue weighted by atomic mass is 10.0. The van der Waals surface area contributed by atoms with Gasteiger partial charge in [-0.2, -0.15) is 0 Å². The Balaban J connectivity index is 2.49. The van der Waals surface area contributed by atoms with Crippen molar-refractivity contribution in [3.05, 3.63) is 0 Å². The van der Waals surface area contributed by atoms with Crippen LogP contribution in [0.2, 0.25) is 19.6 Å². The van der Waals surface area contributed by atoms with Gasteiger partial charge in [0.25, 0.3) is 0 Å². The largest absolute Gasteiger partial charge is 0.418 e. The molecule has 1 aliphatic heterocycles. The van der Waals surface area contributed by atoms with Gasteiger partial charge in [0.15, 0.2) is 8.32 Å². The van der Waals surface area contributed by atoms with Gasteiger partial charge in [0, 0.05) is 27.2 Å². The van der Waals surface area contributed by atoms with Gasteiger partial charge < -0.3 is 9.33 Å². The average Bonchev–Trinajstić information content (AvgIpc) is 2.21. The number of amides is 3. The van der Waals surface area contributed by atoms with Gasteiger partial charge in [-0.1, -0.05) is 0 Å². The number of carbonyl (C=O) groups is 2. The first-order valence-electron chi connectivity index (χ1n) is 5.89. The van der Waals surface area contributed by atoms with Gasteiger partial charge in [0.05, 0.1) is 5.92 Å². The fraction of sp³-hybridized carbons (Fsp3) is 0.818. The van der Waals surface area contributed by atoms with Crippen molar-refractivity contribution in [2.24, 2.45) is 5.92 Å². The number of carbonyl (C=O) groups excluding carboxylic acids is 2. The van der Waals surface area contributed by atoms with Crippen LogP contribution in [0.4, 0.5) is 4.79 Å². The van der Waals surface area contributed by atoms with Crippen LogP contribution in [0, 0.1) is 5.92 Å². The fourth-order valence-corrected chi connectivity index (χ4v) is 2.56. The quantitative estimate of drug-likeness (QED) is 0.716. The van der Waals surface area contributed by atoms with E-state index in [0.29, 0.717) is 19.6 Å². The summed E-state index contributed by atoms with van der Waals surface area (Å²) in [5.74, 6) is -0.216. The van der Waals surface area contributed by atoms with Crippen molar-refractivity contribution in [2.45, 2.75) is 26.1 Å². The molecule has 3 amide bonds. The van der Waals surface area contributed by atoms with Gasteiger partial charge in [-0.3, -0.25) is 9.69 Å². The molecule has 0 aromatic carbocycles. The van der Waals surface area contributed by atoms with E-state index in [9.17, 15) is 9.59 Å². The van der Waals surface area contributed by atoms with Gasteiger partial charge in [0.1, 0.15) is 0 Å². The molecular formula is C11H22N2O3Si. The summed E-state index contributed by atoms with van der Waals surface area (Å²) in [5, 5.41) is 0. The molecule has 1 heterocycles. The Morgan fingerprint density at radius 2 is 1.88 bits per heavy atom. The van der Waals surface area contributed by atoms with Gasteiger partial charge in [-0.15, -0.1) is 0 Å². The SMILES string of the molecule is CN1CC(CCO[Si](C)(C)C)C(=O)N(C)C1=O. The van der Waals surface area contributed by atoms with Crippen molar-refractivity contribution in [3.8, 4) is 0 Å². The van der Waals surface area contributed by atoms with E-state index in [1.54, 1.807) is 11.9 Å². The second-order valence-electron chi connectivity index (χ2n) is 5.51. The minimum atomic E-state index is -1.52. The number of imide groups is 1. The molecule has 0 aromatic heterocycles. The topological polar surface area (TPSA) is 49.9 Å². The summed E-state index contributed by atoms with van der Waals surface area (Å²) in [6.07, 6.45) is 0.686. The zero-order valence-electron chi connectivity index (χ0n) is 11.3. The molecule has 0 saturated carbocycles. The van der Waals surface area contributed by atoms with Crippen LogP contribution >= 0.6 is 0 Å². The lowest BCUT2D eigenvalue weighted by Gasteiger charge is -2.34. The number of nitrogens with zero attached hydrogens (tertiary/aromatic N) is 2. The van der Waals surface area contributed by atoms with Gasteiger partial charge in [-0.25, -0.2) is 4.79 Å². The smallest absolute Gasteiger partial charge is 0.326 e. The van der Waals surface area contributed by atoms with E-state index >= 15 is 0 Å². The van der Waals surface area contributed by atoms with Crippen molar-refractivity contribution in [1.29, 1.82) is 0 Å². The minimum absolute atomic E-state index is 0.0905. The van der Waals surface area contributed by atoms with Crippen LogP contribution in [0.25, 0.3) is 0 Å². The summed E-state index contributed by atoms with van der Waals surface area (Å²) in [6.45, 7) is 7.46. The third-order valence-electron chi connectivity index (χ3n) is 2.79. The molecule has 0 spiro atoms. The molecule has 1 unspecified atom stereocenters. The third-order valence-corrected chi connectivity index (χ3v) is 3.86. The maximum absolute atomic E-state index is 11.9. The summed E-state index contributed by atoms with van der Waals surface area (Å²) in [6, 6.07) is -0.225. The zero-order chi connectivity index (χ0) is 13.2. The van der Waals surface area contributed by atoms with Gasteiger partial charge in [0.2, 0.25) is 5.91 Å². The molecule has 17 heavy (non-hydrogen) atoms. The van der Waals surface area contributed by atoms with E-state index in [1.165, 1.54) is 11.9 Å². The highest BCUT2D eigenvalue weighted by Crippen LogP contribution is 2.17. The molecule has 1 rings (SSSR count). The molecule has 0 radical (unpaired) electrons. The van der Waals surface area contributed by atoms with Crippen LogP contribution in [-0.4, -0.2) is 57.3 Å². The first-order chi connectivity index (χ1) is 7.72. The Morgan fingerprint density at radius 3 is 2.41 bits per heavy atom. The summed E-state index contributed by atoms with van der Waals surface area (Å²) >= 11 is 0. The Bertz CT molecular complexity index is 314. The second kappa shape index (κ2) is 5.18. The Morgan fingerprint density at radius 1 is 1.29 bits per heavy atom. The molecule has 1 fully saturated rings. The normalized spacial score (nSPS) is 22.3. The molecule has 98 valence electrons. The summed E-state index contributed by atoms with van der Waals surface area (Å²) in [4.78, 5) is 26.2. The maximum Gasteiger partial charge on any atom is 0.326 e. The Labute approximate surface area is 104 Å². The van der Waals surface area contributed by atoms with E-state index in [1.807, 2.05) is 0 Å². The number of hydrogen-bond acceptors (Lipinski definition) is 3. The number of urea groups is 1. The molecule has 0 N–H and O–H groups in total. The Kier molecular flexibility index (Phi) is 4.32. The van der Waals surface area contributed by atoms with Crippen LogP contribution in [-0.2, 0) is 9.22 Å². The maximum atomic E-state index is 11.9. The molecular weight excluding hydrogens is 236 g/mol. The van der Waals surface area contributed by atoms with Crippen LogP contribution in [0.15, 0.2) is 0 Å². The fourth-order valence-electron chi connectivity index (χ4n) is 1.83. The monoisotopic (exact) mass is 258 g/mol. The number of hydrogen-bond donors (Lipinski definition) is 0. The zero-order valence-corrected chi connectivity index (χ0v) is 12.3. The molecule has 1 aliphatic rings. The summed E-state index contributed by atoms with van der Waals surface area (Å²) < 4.78 is 5.74. The van der Waals surface area contributed by atoms with Crippen LogP contribution in [0.3, 0.4) is 0 Å². The molecule has 0 bridgehead atoms. The van der Waals surface area contributed by atoms with Crippen molar-refractivity contribution < 1.29 is 14.0 Å². The van der Waals surface area contributed by atoms with E-state index in [-0.39, 0.29) is 17.9 Å². The van der Waals surface area contributed by atoms with E-state index in [2.05, 4.69) is 19.6 Å². The second-order valence-corrected chi connectivity index (χ2v) is 10.0. The highest BCUT2D eigenvalue weighted by molar-refractivity contribution is 6.69. The average molecular weight is 258 g/mol. The minimum Gasteiger partial charge on any atom is -0.418 e. The van der Waals surface area contributed by atoms with E-state index in [4.69, 9.17) is 4.43 Å². The highest BCUT2D eigenvalue weighted by atomic mass is 28.4. The summed E-state index contributed by atoms with van der Waals surface area (Å²) in [7, 11) is 1.74. The van der Waals surface area contributed by atoms with E-state index < -0.39 is 8.32 Å². The first-order valence-corrected chi connectivity index (χ1v) is 9.30. The highest BCUT2D eigenvalue weighted by Gasteiger charge is 2.34. The lowest BCUT2D eigenvalue weighted by molar-refractivity contribution is -0.135. The Hall–Kier alpha value is -0.883. The van der Waals surface area contributed by atoms with Crippen molar-refractivity contribution in [2.75, 3.05) is 27.2 Å². The first kappa shape index (κ1) is 14.2. The molecule has 1 saturated heterocycles. The van der Waals surface area contributed by atoms with E-state index in [0.717, 1.165) is 0 Å². The predicted octanol–water partition coefficient (Wildman–Crippen LogP) is 1.37. The molecule has 6 heteroatoms. The third kappa shape index (κ3) is 3.81. The van der Waals surface area contributed by atoms with Crippen LogP contribution in [0.1, 0.15) is 6.42 Å². The van der Waals surface area contributed by atoms with Crippen LogP contribution in [0.5, 0.6) is 0 Å².